The molecule has 1 radical (unpaired) electrons. The molecule has 0 saturated carbocycles. The average Bonchev–Trinajstić information content (AvgIpc) is 2.05. The van der Waals surface area contributed by atoms with Crippen molar-refractivity contribution in [3.8, 4) is 0 Å². The Morgan fingerprint density at radius 2 is 1.92 bits per heavy atom. The third-order valence-corrected chi connectivity index (χ3v) is 1.44. The van der Waals surface area contributed by atoms with Crippen LogP contribution in [0.2, 0.25) is 0 Å². The van der Waals surface area contributed by atoms with Gasteiger partial charge in [0, 0.05) is 12.2 Å². The van der Waals surface area contributed by atoms with Crippen molar-refractivity contribution >= 4 is 11.8 Å². The van der Waals surface area contributed by atoms with Gasteiger partial charge in [0.05, 0.1) is 0 Å². The first-order valence-electron chi connectivity index (χ1n) is 3.49. The van der Waals surface area contributed by atoms with Crippen LogP contribution in [0, 0.1) is 0 Å². The number of nitrogens with one attached hydrogen (secondary N) is 1. The van der Waals surface area contributed by atoms with Crippen LogP contribution in [0.3, 0.4) is 0 Å². The Morgan fingerprint density at radius 3 is 2.33 bits per heavy atom. The van der Waals surface area contributed by atoms with Crippen molar-refractivity contribution < 1.29 is 9.90 Å². The molecule has 0 saturated heterocycles. The van der Waals surface area contributed by atoms with Crippen LogP contribution in [0.25, 0.3) is 0 Å². The zero-order chi connectivity index (χ0) is 8.97. The molecule has 0 atom stereocenters. The van der Waals surface area contributed by atoms with Crippen LogP contribution < -0.4 is 11.1 Å². The number of benzene rings is 1. The van der Waals surface area contributed by atoms with Crippen LogP contribution in [0.1, 0.15) is 5.56 Å². The smallest absolute Gasteiger partial charge is 0.326 e. The van der Waals surface area contributed by atoms with Gasteiger partial charge in [-0.3, -0.25) is 5.32 Å². The highest BCUT2D eigenvalue weighted by Crippen LogP contribution is 2.08. The molecular formula is C8H9N2O2. The average molecular weight is 165 g/mol. The molecule has 1 amide bonds. The molecule has 0 spiro atoms. The highest BCUT2D eigenvalue weighted by molar-refractivity contribution is 5.82. The van der Waals surface area contributed by atoms with E-state index in [-0.39, 0.29) is 0 Å². The largest absolute Gasteiger partial charge is 0.454 e. The predicted octanol–water partition coefficient (Wildman–Crippen LogP) is 1.11. The minimum atomic E-state index is -1.31. The lowest BCUT2D eigenvalue weighted by atomic mass is 10.2. The Morgan fingerprint density at radius 1 is 1.33 bits per heavy atom. The van der Waals surface area contributed by atoms with Crippen LogP contribution in [0.4, 0.5) is 10.5 Å². The molecule has 0 aromatic heterocycles. The molecule has 1 rings (SSSR count). The summed E-state index contributed by atoms with van der Waals surface area (Å²) in [7, 11) is 0. The SMILES string of the molecule is NCc1ccc(NC([O])=O)cc1. The summed E-state index contributed by atoms with van der Waals surface area (Å²) in [4.78, 5) is 10.1. The number of carbonyl (C=O) groups excluding carboxylic acids is 1. The highest BCUT2D eigenvalue weighted by Gasteiger charge is 1.98. The maximum atomic E-state index is 10.1. The molecule has 12 heavy (non-hydrogen) atoms. The Labute approximate surface area is 70.0 Å². The molecule has 63 valence electrons. The second-order valence-electron chi connectivity index (χ2n) is 2.31. The normalized spacial score (nSPS) is 9.42. The number of nitrogens with two attached hydrogens (primary N) is 1. The van der Waals surface area contributed by atoms with Gasteiger partial charge in [0.1, 0.15) is 0 Å². The fraction of sp³-hybridized carbons (Fsp3) is 0.125. The quantitative estimate of drug-likeness (QED) is 0.688. The molecule has 0 aliphatic heterocycles. The second-order valence-corrected chi connectivity index (χ2v) is 2.31. The number of hydrogen-bond donors (Lipinski definition) is 2. The molecule has 0 bridgehead atoms. The Balaban J connectivity index is 2.71. The zero-order valence-corrected chi connectivity index (χ0v) is 6.41. The molecule has 3 N–H and O–H groups in total. The third-order valence-electron chi connectivity index (χ3n) is 1.44. The second kappa shape index (κ2) is 3.73. The Bertz CT molecular complexity index is 269. The van der Waals surface area contributed by atoms with E-state index in [0.29, 0.717) is 12.2 Å². The predicted molar refractivity (Wildman–Crippen MR) is 44.0 cm³/mol. The molecular weight excluding hydrogens is 156 g/mol. The maximum absolute atomic E-state index is 10.1. The van der Waals surface area contributed by atoms with Crippen molar-refractivity contribution in [2.45, 2.75) is 6.54 Å². The standard InChI is InChI=1S/C8H9N2O2/c9-5-6-1-3-7(4-2-6)10-8(11)12/h1-4,10H,5,9H2. The summed E-state index contributed by atoms with van der Waals surface area (Å²) >= 11 is 0. The van der Waals surface area contributed by atoms with Gasteiger partial charge in [-0.25, -0.2) is 9.90 Å². The van der Waals surface area contributed by atoms with Gasteiger partial charge in [-0.2, -0.15) is 0 Å². The van der Waals surface area contributed by atoms with Crippen LogP contribution in [0.5, 0.6) is 0 Å². The summed E-state index contributed by atoms with van der Waals surface area (Å²) < 4.78 is 0. The number of anilines is 1. The molecule has 0 unspecified atom stereocenters. The van der Waals surface area contributed by atoms with Gasteiger partial charge in [-0.1, -0.05) is 12.1 Å². The van der Waals surface area contributed by atoms with Gasteiger partial charge in [0.2, 0.25) is 0 Å². The van der Waals surface area contributed by atoms with E-state index in [2.05, 4.69) is 5.32 Å². The van der Waals surface area contributed by atoms with E-state index in [1.807, 2.05) is 0 Å². The molecule has 0 aliphatic carbocycles. The highest BCUT2D eigenvalue weighted by atomic mass is 16.4. The van der Waals surface area contributed by atoms with E-state index >= 15 is 0 Å². The molecule has 0 heterocycles. The lowest BCUT2D eigenvalue weighted by molar-refractivity contribution is 0.185. The number of hydrogen-bond acceptors (Lipinski definition) is 2. The first-order valence-corrected chi connectivity index (χ1v) is 3.49. The van der Waals surface area contributed by atoms with Crippen molar-refractivity contribution in [3.63, 3.8) is 0 Å². The number of rotatable bonds is 2. The monoisotopic (exact) mass is 165 g/mol. The van der Waals surface area contributed by atoms with E-state index in [0.717, 1.165) is 5.56 Å². The fourth-order valence-corrected chi connectivity index (χ4v) is 0.842. The van der Waals surface area contributed by atoms with Gasteiger partial charge in [-0.05, 0) is 17.7 Å². The molecule has 4 heteroatoms. The van der Waals surface area contributed by atoms with Gasteiger partial charge in [0.25, 0.3) is 0 Å². The van der Waals surface area contributed by atoms with Crippen molar-refractivity contribution in [1.29, 1.82) is 0 Å². The third kappa shape index (κ3) is 2.25. The van der Waals surface area contributed by atoms with Crippen LogP contribution in [-0.2, 0) is 11.7 Å². The summed E-state index contributed by atoms with van der Waals surface area (Å²) in [5, 5.41) is 12.2. The molecule has 0 fully saturated rings. The maximum Gasteiger partial charge on any atom is 0.454 e. The van der Waals surface area contributed by atoms with Gasteiger partial charge >= 0.3 is 6.09 Å². The fourth-order valence-electron chi connectivity index (χ4n) is 0.842. The molecule has 1 aromatic carbocycles. The van der Waals surface area contributed by atoms with Gasteiger partial charge in [0.15, 0.2) is 0 Å². The summed E-state index contributed by atoms with van der Waals surface area (Å²) in [5.74, 6) is 0. The van der Waals surface area contributed by atoms with Gasteiger partial charge < -0.3 is 5.73 Å². The van der Waals surface area contributed by atoms with E-state index in [1.165, 1.54) is 0 Å². The number of amides is 1. The summed E-state index contributed by atoms with van der Waals surface area (Å²) in [6.07, 6.45) is -1.31. The van der Waals surface area contributed by atoms with Crippen LogP contribution >= 0.6 is 0 Å². The van der Waals surface area contributed by atoms with Crippen molar-refractivity contribution in [3.05, 3.63) is 29.8 Å². The number of carbonyl (C=O) groups is 1. The van der Waals surface area contributed by atoms with Crippen molar-refractivity contribution in [1.82, 2.24) is 0 Å². The van der Waals surface area contributed by atoms with E-state index in [9.17, 15) is 9.90 Å². The minimum Gasteiger partial charge on any atom is -0.326 e. The lowest BCUT2D eigenvalue weighted by Crippen LogP contribution is -2.05. The minimum absolute atomic E-state index is 0.450. The summed E-state index contributed by atoms with van der Waals surface area (Å²) in [5.41, 5.74) is 6.80. The topological polar surface area (TPSA) is 75.0 Å². The van der Waals surface area contributed by atoms with Crippen LogP contribution in [0.15, 0.2) is 24.3 Å². The van der Waals surface area contributed by atoms with Crippen molar-refractivity contribution in [2.24, 2.45) is 5.73 Å². The van der Waals surface area contributed by atoms with Crippen molar-refractivity contribution in [2.75, 3.05) is 5.32 Å². The Kier molecular flexibility index (Phi) is 2.66. The lowest BCUT2D eigenvalue weighted by Gasteiger charge is -1.99. The first kappa shape index (κ1) is 8.55. The van der Waals surface area contributed by atoms with E-state index in [1.54, 1.807) is 24.3 Å². The Hall–Kier alpha value is -1.55. The zero-order valence-electron chi connectivity index (χ0n) is 6.41. The summed E-state index contributed by atoms with van der Waals surface area (Å²) in [6, 6.07) is 6.78. The van der Waals surface area contributed by atoms with Gasteiger partial charge in [-0.15, -0.1) is 0 Å². The molecule has 1 aromatic rings. The summed E-state index contributed by atoms with van der Waals surface area (Å²) in [6.45, 7) is 0.450. The first-order chi connectivity index (χ1) is 5.72. The van der Waals surface area contributed by atoms with Crippen LogP contribution in [-0.4, -0.2) is 6.09 Å². The van der Waals surface area contributed by atoms with E-state index in [4.69, 9.17) is 5.73 Å². The molecule has 0 aliphatic rings. The molecule has 4 nitrogen and oxygen atoms in total. The van der Waals surface area contributed by atoms with E-state index < -0.39 is 6.09 Å².